The molecule has 2 aliphatic heterocycles. The minimum absolute atomic E-state index is 0.219. The molecule has 1 saturated heterocycles. The maximum absolute atomic E-state index is 12.5. The van der Waals surface area contributed by atoms with E-state index in [9.17, 15) is 8.76 Å². The number of benzene rings is 2. The van der Waals surface area contributed by atoms with Crippen molar-refractivity contribution in [1.29, 1.82) is 0 Å². The van der Waals surface area contributed by atoms with E-state index in [0.717, 1.165) is 32.5 Å². The van der Waals surface area contributed by atoms with Crippen molar-refractivity contribution < 1.29 is 8.76 Å². The predicted molar refractivity (Wildman–Crippen MR) is 104 cm³/mol. The van der Waals surface area contributed by atoms with Crippen LogP contribution in [0.4, 0.5) is 5.69 Å². The van der Waals surface area contributed by atoms with Gasteiger partial charge in [0.1, 0.15) is 0 Å². The fourth-order valence-electron chi connectivity index (χ4n) is 3.84. The molecule has 0 radical (unpaired) electrons. The Balaban J connectivity index is 1.47. The van der Waals surface area contributed by atoms with Crippen LogP contribution in [-0.4, -0.2) is 34.6 Å². The number of nitrogens with zero attached hydrogens (tertiary/aromatic N) is 1. The Labute approximate surface area is 156 Å². The molecule has 4 rings (SSSR count). The summed E-state index contributed by atoms with van der Waals surface area (Å²) in [4.78, 5) is 2.79. The average Bonchev–Trinajstić information content (AvgIpc) is 2.74. The topological polar surface area (TPSA) is 67.4 Å². The van der Waals surface area contributed by atoms with Crippen LogP contribution in [0.2, 0.25) is 0 Å². The van der Waals surface area contributed by atoms with Gasteiger partial charge >= 0.3 is 0 Å². The van der Waals surface area contributed by atoms with Crippen molar-refractivity contribution in [2.45, 2.75) is 36.7 Å². The van der Waals surface area contributed by atoms with E-state index in [4.69, 9.17) is 0 Å². The molecule has 2 N–H and O–H groups in total. The number of anilines is 1. The highest BCUT2D eigenvalue weighted by atomic mass is 32.3. The van der Waals surface area contributed by atoms with Crippen LogP contribution in [0.25, 0.3) is 0 Å². The fourth-order valence-corrected chi connectivity index (χ4v) is 5.13. The third-order valence-electron chi connectivity index (χ3n) is 5.52. The minimum Gasteiger partial charge on any atom is -0.593 e. The van der Waals surface area contributed by atoms with Gasteiger partial charge in [-0.15, -0.1) is 4.72 Å². The maximum atomic E-state index is 12.5. The van der Waals surface area contributed by atoms with Crippen molar-refractivity contribution >= 4 is 16.1 Å². The molecule has 1 unspecified atom stereocenters. The maximum Gasteiger partial charge on any atom is 0.198 e. The Morgan fingerprint density at radius 1 is 1.12 bits per heavy atom. The average molecular weight is 372 g/mol. The Morgan fingerprint density at radius 3 is 2.54 bits per heavy atom. The quantitative estimate of drug-likeness (QED) is 0.797. The fraction of sp³-hybridized carbons (Fsp3) is 0.400. The number of rotatable bonds is 2. The lowest BCUT2D eigenvalue weighted by Crippen LogP contribution is -2.54. The van der Waals surface area contributed by atoms with E-state index in [1.54, 1.807) is 12.1 Å². The van der Waals surface area contributed by atoms with Gasteiger partial charge in [-0.25, -0.2) is 0 Å². The minimum atomic E-state index is -3.45. The second-order valence-corrected chi connectivity index (χ2v) is 9.22. The molecule has 2 heterocycles. The van der Waals surface area contributed by atoms with E-state index < -0.39 is 10.4 Å². The number of likely N-dealkylation sites (tertiary alicyclic amines) is 1. The highest BCUT2D eigenvalue weighted by Gasteiger charge is 2.41. The normalized spacial score (nSPS) is 25.3. The van der Waals surface area contributed by atoms with Gasteiger partial charge < -0.3 is 9.87 Å². The lowest BCUT2D eigenvalue weighted by atomic mass is 9.87. The summed E-state index contributed by atoms with van der Waals surface area (Å²) in [5.74, 6) is 0. The van der Waals surface area contributed by atoms with Crippen molar-refractivity contribution in [2.75, 3.05) is 25.0 Å². The zero-order valence-electron chi connectivity index (χ0n) is 15.0. The van der Waals surface area contributed by atoms with Gasteiger partial charge in [-0.1, -0.05) is 46.2 Å². The predicted octanol–water partition coefficient (Wildman–Crippen LogP) is 2.95. The molecule has 26 heavy (non-hydrogen) atoms. The number of aryl methyl sites for hydroxylation is 1. The SMILES string of the molecule is Cc1ccc(CN2CCC3(CC2)CN[S+](=O)([O-])c2ccccc2N3)cc1. The lowest BCUT2D eigenvalue weighted by molar-refractivity contribution is 0.168. The molecule has 1 spiro atoms. The van der Waals surface area contributed by atoms with Crippen molar-refractivity contribution in [3.05, 3.63) is 59.7 Å². The first-order valence-corrected chi connectivity index (χ1v) is 10.6. The summed E-state index contributed by atoms with van der Waals surface area (Å²) in [5.41, 5.74) is 3.10. The summed E-state index contributed by atoms with van der Waals surface area (Å²) in [5, 5.41) is 3.55. The molecule has 2 aliphatic rings. The van der Waals surface area contributed by atoms with Crippen molar-refractivity contribution in [2.24, 2.45) is 0 Å². The summed E-state index contributed by atoms with van der Waals surface area (Å²) in [6, 6.07) is 15.9. The van der Waals surface area contributed by atoms with Crippen LogP contribution in [0.3, 0.4) is 0 Å². The third kappa shape index (κ3) is 3.55. The summed E-state index contributed by atoms with van der Waals surface area (Å²) in [7, 11) is -3.45. The van der Waals surface area contributed by atoms with Crippen molar-refractivity contribution in [1.82, 2.24) is 9.62 Å². The third-order valence-corrected chi connectivity index (χ3v) is 6.98. The standard InChI is InChI=1S/C20H25N3O2S/c1-16-6-8-17(9-7-16)14-23-12-10-20(11-13-23)15-21-26(24,25)19-5-3-2-4-18(19)22-20/h2-9,22H,10-15H2,1H3,(H-,21,24,25). The van der Waals surface area contributed by atoms with Gasteiger partial charge in [0.05, 0.1) is 17.8 Å². The zero-order valence-corrected chi connectivity index (χ0v) is 15.8. The molecule has 5 nitrogen and oxygen atoms in total. The first-order chi connectivity index (χ1) is 12.5. The summed E-state index contributed by atoms with van der Waals surface area (Å²) in [6.07, 6.45) is 1.82. The first-order valence-electron chi connectivity index (χ1n) is 9.11. The Bertz CT molecular complexity index is 829. The molecule has 0 bridgehead atoms. The Kier molecular flexibility index (Phi) is 4.61. The van der Waals surface area contributed by atoms with Crippen LogP contribution in [0.15, 0.2) is 53.4 Å². The van der Waals surface area contributed by atoms with Crippen LogP contribution >= 0.6 is 0 Å². The number of fused-ring (bicyclic) bond motifs is 1. The lowest BCUT2D eigenvalue weighted by Gasteiger charge is -2.41. The van der Waals surface area contributed by atoms with Gasteiger partial charge in [-0.05, 0) is 37.5 Å². The second-order valence-electron chi connectivity index (χ2n) is 7.49. The molecule has 138 valence electrons. The second kappa shape index (κ2) is 6.78. The molecule has 6 heteroatoms. The molecular weight excluding hydrogens is 346 g/mol. The van der Waals surface area contributed by atoms with Crippen LogP contribution in [0, 0.1) is 6.92 Å². The van der Waals surface area contributed by atoms with E-state index in [2.05, 4.69) is 46.1 Å². The molecule has 2 aromatic rings. The van der Waals surface area contributed by atoms with Crippen LogP contribution in [-0.2, 0) is 21.2 Å². The Morgan fingerprint density at radius 2 is 1.81 bits per heavy atom. The van der Waals surface area contributed by atoms with Gasteiger partial charge in [-0.2, -0.15) is 0 Å². The van der Waals surface area contributed by atoms with E-state index in [1.807, 2.05) is 12.1 Å². The monoisotopic (exact) mass is 371 g/mol. The van der Waals surface area contributed by atoms with E-state index in [0.29, 0.717) is 17.1 Å². The highest BCUT2D eigenvalue weighted by Crippen LogP contribution is 2.35. The largest absolute Gasteiger partial charge is 0.593 e. The molecule has 0 aliphatic carbocycles. The summed E-state index contributed by atoms with van der Waals surface area (Å²) < 4.78 is 27.8. The molecule has 0 saturated carbocycles. The van der Waals surface area contributed by atoms with Gasteiger partial charge in [0.15, 0.2) is 15.3 Å². The molecule has 0 aromatic heterocycles. The molecule has 1 atom stereocenters. The summed E-state index contributed by atoms with van der Waals surface area (Å²) in [6.45, 7) is 5.38. The number of hydrogen-bond acceptors (Lipinski definition) is 4. The number of para-hydroxylation sites is 1. The van der Waals surface area contributed by atoms with Gasteiger partial charge in [0, 0.05) is 19.6 Å². The molecule has 1 fully saturated rings. The molecule has 0 amide bonds. The molecule has 2 aromatic carbocycles. The van der Waals surface area contributed by atoms with E-state index in [-0.39, 0.29) is 5.54 Å². The van der Waals surface area contributed by atoms with E-state index in [1.165, 1.54) is 11.1 Å². The first kappa shape index (κ1) is 17.7. The van der Waals surface area contributed by atoms with Gasteiger partial charge in [0.25, 0.3) is 0 Å². The highest BCUT2D eigenvalue weighted by molar-refractivity contribution is 7.96. The van der Waals surface area contributed by atoms with E-state index >= 15 is 0 Å². The van der Waals surface area contributed by atoms with Crippen LogP contribution in [0.1, 0.15) is 24.0 Å². The number of nitrogens with one attached hydrogen (secondary N) is 2. The van der Waals surface area contributed by atoms with Gasteiger partial charge in [0.2, 0.25) is 0 Å². The smallest absolute Gasteiger partial charge is 0.198 e. The van der Waals surface area contributed by atoms with Crippen molar-refractivity contribution in [3.63, 3.8) is 0 Å². The number of sulfonamides is 1. The number of hydrogen-bond donors (Lipinski definition) is 2. The number of piperidine rings is 1. The van der Waals surface area contributed by atoms with Gasteiger partial charge in [-0.3, -0.25) is 4.90 Å². The molecular formula is C20H25N3O2S. The van der Waals surface area contributed by atoms with Crippen LogP contribution in [0.5, 0.6) is 0 Å². The summed E-state index contributed by atoms with van der Waals surface area (Å²) >= 11 is 0. The Hall–Kier alpha value is -1.73. The van der Waals surface area contributed by atoms with Crippen LogP contribution < -0.4 is 10.0 Å². The zero-order chi connectivity index (χ0) is 18.2. The van der Waals surface area contributed by atoms with Crippen molar-refractivity contribution in [3.8, 4) is 0 Å².